The molecular weight excluding hydrogens is 222 g/mol. The Morgan fingerprint density at radius 2 is 1.89 bits per heavy atom. The minimum Gasteiger partial charge on any atom is -0.322 e. The molecule has 2 aromatic rings. The fourth-order valence-electron chi connectivity index (χ4n) is 2.30. The Balaban J connectivity index is 2.24. The highest BCUT2D eigenvalue weighted by Crippen LogP contribution is 2.19. The third kappa shape index (κ3) is 2.62. The highest BCUT2D eigenvalue weighted by Gasteiger charge is 2.12. The lowest BCUT2D eigenvalue weighted by molar-refractivity contribution is 0.513. The molecule has 1 heterocycles. The van der Waals surface area contributed by atoms with E-state index in [1.54, 1.807) is 0 Å². The number of hydrogen-bond acceptors (Lipinski definition) is 2. The molecule has 0 saturated heterocycles. The van der Waals surface area contributed by atoms with Crippen molar-refractivity contribution in [3.63, 3.8) is 0 Å². The van der Waals surface area contributed by atoms with Crippen LogP contribution in [0.25, 0.3) is 0 Å². The van der Waals surface area contributed by atoms with Crippen molar-refractivity contribution >= 4 is 0 Å². The van der Waals surface area contributed by atoms with Gasteiger partial charge in [0.15, 0.2) is 0 Å². The van der Waals surface area contributed by atoms with Crippen LogP contribution in [-0.4, -0.2) is 9.78 Å². The predicted molar refractivity (Wildman–Crippen MR) is 74.5 cm³/mol. The molecule has 0 radical (unpaired) electrons. The molecule has 1 aromatic heterocycles. The first-order valence-corrected chi connectivity index (χ1v) is 6.31. The molecule has 0 bridgehead atoms. The van der Waals surface area contributed by atoms with E-state index in [4.69, 9.17) is 5.73 Å². The largest absolute Gasteiger partial charge is 0.322 e. The molecule has 0 saturated carbocycles. The summed E-state index contributed by atoms with van der Waals surface area (Å²) >= 11 is 0. The zero-order valence-corrected chi connectivity index (χ0v) is 11.6. The van der Waals surface area contributed by atoms with Crippen molar-refractivity contribution in [3.8, 4) is 0 Å². The number of rotatable bonds is 3. The second-order valence-corrected chi connectivity index (χ2v) is 5.08. The summed E-state index contributed by atoms with van der Waals surface area (Å²) in [6.45, 7) is 9.00. The molecule has 0 aliphatic carbocycles. The molecule has 1 aromatic carbocycles. The number of nitrogens with two attached hydrogens (primary N) is 1. The highest BCUT2D eigenvalue weighted by atomic mass is 15.3. The van der Waals surface area contributed by atoms with Crippen LogP contribution in [0.1, 0.15) is 34.1 Å². The maximum atomic E-state index is 6.31. The summed E-state index contributed by atoms with van der Waals surface area (Å²) < 4.78 is 1.99. The number of aryl methyl sites for hydroxylation is 4. The first kappa shape index (κ1) is 12.8. The van der Waals surface area contributed by atoms with E-state index >= 15 is 0 Å². The minimum absolute atomic E-state index is 0.0112. The lowest BCUT2D eigenvalue weighted by Gasteiger charge is -2.16. The SMILES string of the molecule is Cc1ccc(C)c(C(N)Cn2nc(C)cc2C)c1. The van der Waals surface area contributed by atoms with Gasteiger partial charge in [0.05, 0.1) is 12.2 Å². The van der Waals surface area contributed by atoms with Gasteiger partial charge < -0.3 is 5.73 Å². The summed E-state index contributed by atoms with van der Waals surface area (Å²) in [6.07, 6.45) is 0. The number of nitrogens with zero attached hydrogens (tertiary/aromatic N) is 2. The van der Waals surface area contributed by atoms with Crippen molar-refractivity contribution in [3.05, 3.63) is 52.3 Å². The lowest BCUT2D eigenvalue weighted by atomic mass is 9.99. The fraction of sp³-hybridized carbons (Fsp3) is 0.400. The quantitative estimate of drug-likeness (QED) is 0.901. The lowest BCUT2D eigenvalue weighted by Crippen LogP contribution is -2.20. The fourth-order valence-corrected chi connectivity index (χ4v) is 2.30. The zero-order valence-electron chi connectivity index (χ0n) is 11.6. The molecule has 0 aliphatic heterocycles. The van der Waals surface area contributed by atoms with Crippen LogP contribution in [0, 0.1) is 27.7 Å². The Morgan fingerprint density at radius 1 is 1.17 bits per heavy atom. The Hall–Kier alpha value is -1.61. The number of hydrogen-bond donors (Lipinski definition) is 1. The van der Waals surface area contributed by atoms with E-state index in [9.17, 15) is 0 Å². The summed E-state index contributed by atoms with van der Waals surface area (Å²) in [6, 6.07) is 8.49. The molecule has 0 aliphatic rings. The van der Waals surface area contributed by atoms with Gasteiger partial charge >= 0.3 is 0 Å². The summed E-state index contributed by atoms with van der Waals surface area (Å²) in [5, 5.41) is 4.46. The third-order valence-electron chi connectivity index (χ3n) is 3.31. The summed E-state index contributed by atoms with van der Waals surface area (Å²) in [5.41, 5.74) is 12.2. The van der Waals surface area contributed by atoms with Crippen molar-refractivity contribution in [2.75, 3.05) is 0 Å². The van der Waals surface area contributed by atoms with Crippen LogP contribution < -0.4 is 5.73 Å². The standard InChI is InChI=1S/C15H21N3/c1-10-5-6-11(2)14(7-10)15(16)9-18-13(4)8-12(3)17-18/h5-8,15H,9,16H2,1-4H3. The monoisotopic (exact) mass is 243 g/mol. The summed E-state index contributed by atoms with van der Waals surface area (Å²) in [4.78, 5) is 0. The predicted octanol–water partition coefficient (Wildman–Crippen LogP) is 2.82. The van der Waals surface area contributed by atoms with Crippen molar-refractivity contribution in [2.45, 2.75) is 40.3 Å². The Bertz CT molecular complexity index is 555. The van der Waals surface area contributed by atoms with Crippen molar-refractivity contribution in [2.24, 2.45) is 5.73 Å². The molecule has 96 valence electrons. The normalized spacial score (nSPS) is 12.7. The van der Waals surface area contributed by atoms with Crippen LogP contribution in [-0.2, 0) is 6.54 Å². The van der Waals surface area contributed by atoms with Gasteiger partial charge in [-0.05, 0) is 44.9 Å². The zero-order chi connectivity index (χ0) is 13.3. The van der Waals surface area contributed by atoms with Crippen molar-refractivity contribution in [1.29, 1.82) is 0 Å². The minimum atomic E-state index is -0.0112. The van der Waals surface area contributed by atoms with Crippen molar-refractivity contribution < 1.29 is 0 Å². The Labute approximate surface area is 109 Å². The molecule has 2 rings (SSSR count). The first-order valence-electron chi connectivity index (χ1n) is 6.31. The summed E-state index contributed by atoms with van der Waals surface area (Å²) in [5.74, 6) is 0. The third-order valence-corrected chi connectivity index (χ3v) is 3.31. The van der Waals surface area contributed by atoms with Crippen LogP contribution in [0.3, 0.4) is 0 Å². The van der Waals surface area contributed by atoms with Crippen LogP contribution >= 0.6 is 0 Å². The average molecular weight is 243 g/mol. The highest BCUT2D eigenvalue weighted by molar-refractivity contribution is 5.32. The molecule has 0 amide bonds. The van der Waals surface area contributed by atoms with E-state index in [1.807, 2.05) is 11.6 Å². The summed E-state index contributed by atoms with van der Waals surface area (Å²) in [7, 11) is 0. The van der Waals surface area contributed by atoms with E-state index < -0.39 is 0 Å². The molecular formula is C15H21N3. The van der Waals surface area contributed by atoms with Crippen LogP contribution in [0.4, 0.5) is 0 Å². The van der Waals surface area contributed by atoms with E-state index in [2.05, 4.69) is 50.1 Å². The second kappa shape index (κ2) is 4.94. The molecule has 0 spiro atoms. The van der Waals surface area contributed by atoms with Gasteiger partial charge in [-0.1, -0.05) is 23.8 Å². The number of aromatic nitrogens is 2. The van der Waals surface area contributed by atoms with Gasteiger partial charge in [0.1, 0.15) is 0 Å². The second-order valence-electron chi connectivity index (χ2n) is 5.08. The smallest absolute Gasteiger partial charge is 0.0605 e. The molecule has 1 atom stereocenters. The van der Waals surface area contributed by atoms with E-state index in [1.165, 1.54) is 16.7 Å². The van der Waals surface area contributed by atoms with Gasteiger partial charge in [0, 0.05) is 11.7 Å². The van der Waals surface area contributed by atoms with Crippen LogP contribution in [0.2, 0.25) is 0 Å². The van der Waals surface area contributed by atoms with Crippen LogP contribution in [0.5, 0.6) is 0 Å². The van der Waals surface area contributed by atoms with Gasteiger partial charge in [-0.15, -0.1) is 0 Å². The van der Waals surface area contributed by atoms with Gasteiger partial charge in [0.2, 0.25) is 0 Å². The first-order chi connectivity index (χ1) is 8.47. The van der Waals surface area contributed by atoms with E-state index in [0.29, 0.717) is 0 Å². The molecule has 1 unspecified atom stereocenters. The molecule has 18 heavy (non-hydrogen) atoms. The Morgan fingerprint density at radius 3 is 2.50 bits per heavy atom. The van der Waals surface area contributed by atoms with Gasteiger partial charge in [-0.25, -0.2) is 0 Å². The molecule has 2 N–H and O–H groups in total. The van der Waals surface area contributed by atoms with E-state index in [-0.39, 0.29) is 6.04 Å². The average Bonchev–Trinajstić information content (AvgIpc) is 2.61. The molecule has 3 nitrogen and oxygen atoms in total. The Kier molecular flexibility index (Phi) is 3.53. The maximum absolute atomic E-state index is 6.31. The van der Waals surface area contributed by atoms with E-state index in [0.717, 1.165) is 17.9 Å². The number of benzene rings is 1. The van der Waals surface area contributed by atoms with Crippen LogP contribution in [0.15, 0.2) is 24.3 Å². The van der Waals surface area contributed by atoms with Gasteiger partial charge in [-0.2, -0.15) is 5.10 Å². The molecule has 0 fully saturated rings. The molecule has 3 heteroatoms. The van der Waals surface area contributed by atoms with Gasteiger partial charge in [0.25, 0.3) is 0 Å². The van der Waals surface area contributed by atoms with Gasteiger partial charge in [-0.3, -0.25) is 4.68 Å². The van der Waals surface area contributed by atoms with Crippen molar-refractivity contribution in [1.82, 2.24) is 9.78 Å². The maximum Gasteiger partial charge on any atom is 0.0605 e. The topological polar surface area (TPSA) is 43.8 Å².